The first-order valence-electron chi connectivity index (χ1n) is 8.60. The third-order valence-corrected chi connectivity index (χ3v) is 4.63. The number of urea groups is 1. The maximum atomic E-state index is 12.4. The summed E-state index contributed by atoms with van der Waals surface area (Å²) < 4.78 is 5.93. The Morgan fingerprint density at radius 3 is 2.79 bits per heavy atom. The number of carbonyl (C=O) groups is 2. The van der Waals surface area contributed by atoms with Gasteiger partial charge in [-0.3, -0.25) is 9.78 Å². The number of pyridine rings is 1. The van der Waals surface area contributed by atoms with Crippen LogP contribution in [-0.4, -0.2) is 47.1 Å². The van der Waals surface area contributed by atoms with Gasteiger partial charge in [-0.05, 0) is 31.7 Å². The molecule has 3 N–H and O–H groups in total. The molecule has 1 atom stereocenters. The van der Waals surface area contributed by atoms with E-state index in [0.29, 0.717) is 18.3 Å². The van der Waals surface area contributed by atoms with Crippen LogP contribution < -0.4 is 15.8 Å². The maximum absolute atomic E-state index is 12.4. The van der Waals surface area contributed by atoms with Crippen molar-refractivity contribution in [3.63, 3.8) is 0 Å². The summed E-state index contributed by atoms with van der Waals surface area (Å²) in [6.45, 7) is 1.30. The quantitative estimate of drug-likeness (QED) is 0.876. The van der Waals surface area contributed by atoms with Crippen LogP contribution in [0.3, 0.4) is 0 Å². The van der Waals surface area contributed by atoms with E-state index in [1.807, 2.05) is 4.90 Å². The van der Waals surface area contributed by atoms with Crippen molar-refractivity contribution in [1.29, 1.82) is 0 Å². The SMILES string of the molecule is NC(=O)c1cc(OC2CCCN(C(=O)NC3CCCC3)C2)ccn1. The highest BCUT2D eigenvalue weighted by molar-refractivity contribution is 5.91. The van der Waals surface area contributed by atoms with Crippen LogP contribution in [0.1, 0.15) is 49.0 Å². The van der Waals surface area contributed by atoms with Gasteiger partial charge in [-0.25, -0.2) is 4.79 Å². The smallest absolute Gasteiger partial charge is 0.317 e. The van der Waals surface area contributed by atoms with E-state index in [1.54, 1.807) is 12.1 Å². The van der Waals surface area contributed by atoms with Crippen molar-refractivity contribution in [2.45, 2.75) is 50.7 Å². The lowest BCUT2D eigenvalue weighted by Crippen LogP contribution is -2.50. The molecule has 3 amide bonds. The number of hydrogen-bond donors (Lipinski definition) is 2. The van der Waals surface area contributed by atoms with Crippen molar-refractivity contribution in [1.82, 2.24) is 15.2 Å². The van der Waals surface area contributed by atoms with Crippen molar-refractivity contribution in [3.05, 3.63) is 24.0 Å². The second-order valence-electron chi connectivity index (χ2n) is 6.50. The Hall–Kier alpha value is -2.31. The minimum absolute atomic E-state index is 0.00255. The molecule has 0 spiro atoms. The molecule has 2 heterocycles. The molecule has 3 rings (SSSR count). The van der Waals surface area contributed by atoms with Crippen LogP contribution in [0, 0.1) is 0 Å². The van der Waals surface area contributed by atoms with Crippen LogP contribution in [0.25, 0.3) is 0 Å². The second kappa shape index (κ2) is 7.51. The number of nitrogens with two attached hydrogens (primary N) is 1. The van der Waals surface area contributed by atoms with Gasteiger partial charge in [0.2, 0.25) is 0 Å². The summed E-state index contributed by atoms with van der Waals surface area (Å²) in [4.78, 5) is 29.3. The lowest BCUT2D eigenvalue weighted by molar-refractivity contribution is 0.0978. The molecule has 0 bridgehead atoms. The predicted octanol–water partition coefficient (Wildman–Crippen LogP) is 1.68. The summed E-state index contributed by atoms with van der Waals surface area (Å²) in [5, 5.41) is 3.12. The van der Waals surface area contributed by atoms with Crippen molar-refractivity contribution >= 4 is 11.9 Å². The Kier molecular flexibility index (Phi) is 5.17. The number of nitrogens with zero attached hydrogens (tertiary/aromatic N) is 2. The zero-order valence-electron chi connectivity index (χ0n) is 13.7. The molecule has 1 unspecified atom stereocenters. The molecule has 130 valence electrons. The molecule has 7 nitrogen and oxygen atoms in total. The normalized spacial score (nSPS) is 21.5. The fourth-order valence-corrected chi connectivity index (χ4v) is 3.37. The molecule has 24 heavy (non-hydrogen) atoms. The molecule has 1 aliphatic heterocycles. The molecule has 1 aromatic heterocycles. The van der Waals surface area contributed by atoms with Gasteiger partial charge in [0.25, 0.3) is 5.91 Å². The maximum Gasteiger partial charge on any atom is 0.317 e. The van der Waals surface area contributed by atoms with Gasteiger partial charge in [-0.15, -0.1) is 0 Å². The molecule has 2 fully saturated rings. The summed E-state index contributed by atoms with van der Waals surface area (Å²) in [7, 11) is 0. The lowest BCUT2D eigenvalue weighted by Gasteiger charge is -2.33. The minimum atomic E-state index is -0.582. The minimum Gasteiger partial charge on any atom is -0.488 e. The van der Waals surface area contributed by atoms with E-state index in [-0.39, 0.29) is 17.8 Å². The van der Waals surface area contributed by atoms with Crippen LogP contribution >= 0.6 is 0 Å². The fraction of sp³-hybridized carbons (Fsp3) is 0.588. The van der Waals surface area contributed by atoms with Crippen molar-refractivity contribution < 1.29 is 14.3 Å². The molecule has 1 aliphatic carbocycles. The number of amides is 3. The Labute approximate surface area is 141 Å². The summed E-state index contributed by atoms with van der Waals surface area (Å²) in [6, 6.07) is 3.56. The van der Waals surface area contributed by atoms with E-state index in [9.17, 15) is 9.59 Å². The van der Waals surface area contributed by atoms with Crippen LogP contribution in [-0.2, 0) is 0 Å². The molecule has 2 aliphatic rings. The standard InChI is InChI=1S/C17H24N4O3/c18-16(22)15-10-13(7-8-19-15)24-14-6-3-9-21(11-14)17(23)20-12-4-1-2-5-12/h7-8,10,12,14H,1-6,9,11H2,(H2,18,22)(H,20,23). The van der Waals surface area contributed by atoms with Gasteiger partial charge in [-0.2, -0.15) is 0 Å². The zero-order chi connectivity index (χ0) is 16.9. The number of aromatic nitrogens is 1. The Bertz CT molecular complexity index is 601. The second-order valence-corrected chi connectivity index (χ2v) is 6.50. The Balaban J connectivity index is 1.56. The third-order valence-electron chi connectivity index (χ3n) is 4.63. The highest BCUT2D eigenvalue weighted by Gasteiger charge is 2.27. The average molecular weight is 332 g/mol. The van der Waals surface area contributed by atoms with Crippen LogP contribution in [0.15, 0.2) is 18.3 Å². The molecule has 1 aromatic rings. The van der Waals surface area contributed by atoms with Crippen LogP contribution in [0.5, 0.6) is 5.75 Å². The highest BCUT2D eigenvalue weighted by atomic mass is 16.5. The molecule has 1 saturated heterocycles. The van der Waals surface area contributed by atoms with E-state index < -0.39 is 5.91 Å². The summed E-state index contributed by atoms with van der Waals surface area (Å²) in [5.74, 6) is -0.0245. The van der Waals surface area contributed by atoms with E-state index >= 15 is 0 Å². The van der Waals surface area contributed by atoms with Crippen molar-refractivity contribution in [2.24, 2.45) is 5.73 Å². The topological polar surface area (TPSA) is 97.6 Å². The number of piperidine rings is 1. The lowest BCUT2D eigenvalue weighted by atomic mass is 10.1. The molecule has 1 saturated carbocycles. The Morgan fingerprint density at radius 1 is 1.25 bits per heavy atom. The molecular formula is C17H24N4O3. The zero-order valence-corrected chi connectivity index (χ0v) is 13.7. The fourth-order valence-electron chi connectivity index (χ4n) is 3.37. The third kappa shape index (κ3) is 4.15. The van der Waals surface area contributed by atoms with Gasteiger partial charge < -0.3 is 20.7 Å². The van der Waals surface area contributed by atoms with Gasteiger partial charge in [0.05, 0.1) is 6.54 Å². The van der Waals surface area contributed by atoms with Crippen LogP contribution in [0.4, 0.5) is 4.79 Å². The van der Waals surface area contributed by atoms with E-state index in [2.05, 4.69) is 10.3 Å². The molecule has 0 radical (unpaired) electrons. The molecular weight excluding hydrogens is 308 g/mol. The largest absolute Gasteiger partial charge is 0.488 e. The van der Waals surface area contributed by atoms with Gasteiger partial charge in [0.15, 0.2) is 0 Å². The van der Waals surface area contributed by atoms with E-state index in [1.165, 1.54) is 19.0 Å². The predicted molar refractivity (Wildman–Crippen MR) is 88.8 cm³/mol. The van der Waals surface area contributed by atoms with Gasteiger partial charge >= 0.3 is 6.03 Å². The van der Waals surface area contributed by atoms with E-state index in [0.717, 1.165) is 32.2 Å². The van der Waals surface area contributed by atoms with Crippen molar-refractivity contribution in [2.75, 3.05) is 13.1 Å². The Morgan fingerprint density at radius 2 is 2.04 bits per heavy atom. The van der Waals surface area contributed by atoms with Crippen molar-refractivity contribution in [3.8, 4) is 5.75 Å². The summed E-state index contributed by atoms with van der Waals surface area (Å²) in [5.41, 5.74) is 5.42. The number of rotatable bonds is 4. The van der Waals surface area contributed by atoms with Crippen LogP contribution in [0.2, 0.25) is 0 Å². The number of carbonyl (C=O) groups excluding carboxylic acids is 2. The van der Waals surface area contributed by atoms with Gasteiger partial charge in [0.1, 0.15) is 17.5 Å². The van der Waals surface area contributed by atoms with E-state index in [4.69, 9.17) is 10.5 Å². The highest BCUT2D eigenvalue weighted by Crippen LogP contribution is 2.21. The summed E-state index contributed by atoms with van der Waals surface area (Å²) >= 11 is 0. The first kappa shape index (κ1) is 16.5. The number of likely N-dealkylation sites (tertiary alicyclic amines) is 1. The number of hydrogen-bond acceptors (Lipinski definition) is 4. The average Bonchev–Trinajstić information content (AvgIpc) is 3.08. The number of nitrogens with one attached hydrogen (secondary N) is 1. The van der Waals surface area contributed by atoms with Gasteiger partial charge in [-0.1, -0.05) is 12.8 Å². The number of ether oxygens (including phenoxy) is 1. The van der Waals surface area contributed by atoms with Gasteiger partial charge in [0, 0.05) is 24.8 Å². The number of primary amides is 1. The first-order valence-corrected chi connectivity index (χ1v) is 8.60. The monoisotopic (exact) mass is 332 g/mol. The summed E-state index contributed by atoms with van der Waals surface area (Å²) in [6.07, 6.45) is 7.73. The molecule has 0 aromatic carbocycles. The first-order chi connectivity index (χ1) is 11.6. The molecule has 7 heteroatoms.